The number of pyridine rings is 1. The Bertz CT molecular complexity index is 1320. The lowest BCUT2D eigenvalue weighted by Gasteiger charge is -2.25. The third kappa shape index (κ3) is 4.70. The first kappa shape index (κ1) is 24.0. The van der Waals surface area contributed by atoms with Crippen LogP contribution in [0.5, 0.6) is 0 Å². The fraction of sp³-hybridized carbons (Fsp3) is 0.323. The molecular formula is C31H33N3O2. The summed E-state index contributed by atoms with van der Waals surface area (Å²) in [7, 11) is 1.69. The van der Waals surface area contributed by atoms with Gasteiger partial charge in [0.2, 0.25) is 5.91 Å². The maximum Gasteiger partial charge on any atom is 0.227 e. The van der Waals surface area contributed by atoms with E-state index in [9.17, 15) is 4.79 Å². The van der Waals surface area contributed by atoms with Crippen molar-refractivity contribution in [3.63, 3.8) is 0 Å². The Morgan fingerprint density at radius 2 is 2.17 bits per heavy atom. The van der Waals surface area contributed by atoms with E-state index in [0.29, 0.717) is 24.6 Å². The Labute approximate surface area is 213 Å². The second kappa shape index (κ2) is 10.1. The fourth-order valence-electron chi connectivity index (χ4n) is 5.20. The van der Waals surface area contributed by atoms with Gasteiger partial charge in [0.05, 0.1) is 18.8 Å². The number of hydrogen-bond donors (Lipinski definition) is 0. The zero-order valence-corrected chi connectivity index (χ0v) is 21.3. The average Bonchev–Trinajstić information content (AvgIpc) is 3.55. The van der Waals surface area contributed by atoms with Crippen LogP contribution in [0, 0.1) is 6.92 Å². The molecule has 1 aliphatic heterocycles. The summed E-state index contributed by atoms with van der Waals surface area (Å²) in [6, 6.07) is 10.9. The van der Waals surface area contributed by atoms with Gasteiger partial charge in [-0.05, 0) is 72.7 Å². The summed E-state index contributed by atoms with van der Waals surface area (Å²) in [4.78, 5) is 24.1. The molecule has 0 N–H and O–H groups in total. The van der Waals surface area contributed by atoms with Gasteiger partial charge in [0, 0.05) is 36.9 Å². The molecule has 1 aromatic heterocycles. The topological polar surface area (TPSA) is 54.8 Å². The van der Waals surface area contributed by atoms with Crippen molar-refractivity contribution < 1.29 is 9.53 Å². The molecule has 1 aromatic carbocycles. The minimum absolute atomic E-state index is 0.128. The van der Waals surface area contributed by atoms with E-state index in [2.05, 4.69) is 61.8 Å². The molecule has 1 saturated carbocycles. The maximum atomic E-state index is 12.8. The van der Waals surface area contributed by atoms with Crippen LogP contribution in [0.25, 0.3) is 5.57 Å². The molecule has 1 saturated heterocycles. The molecule has 0 bridgehead atoms. The second-order valence-corrected chi connectivity index (χ2v) is 9.70. The molecule has 184 valence electrons. The molecule has 5 heteroatoms. The first-order valence-corrected chi connectivity index (χ1v) is 12.8. The summed E-state index contributed by atoms with van der Waals surface area (Å²) in [5.41, 5.74) is 8.38. The molecule has 3 aliphatic rings. The third-order valence-electron chi connectivity index (χ3n) is 7.17. The molecule has 2 aliphatic carbocycles. The van der Waals surface area contributed by atoms with E-state index in [1.165, 1.54) is 16.7 Å². The molecule has 0 radical (unpaired) electrons. The van der Waals surface area contributed by atoms with Crippen LogP contribution in [0.15, 0.2) is 89.6 Å². The van der Waals surface area contributed by atoms with Crippen molar-refractivity contribution in [3.05, 3.63) is 107 Å². The van der Waals surface area contributed by atoms with Crippen LogP contribution >= 0.6 is 0 Å². The highest BCUT2D eigenvalue weighted by molar-refractivity contribution is 6.18. The Balaban J connectivity index is 1.63. The zero-order chi connectivity index (χ0) is 25.2. The molecular weight excluding hydrogens is 446 g/mol. The molecule has 5 rings (SSSR count). The Kier molecular flexibility index (Phi) is 6.73. The summed E-state index contributed by atoms with van der Waals surface area (Å²) < 4.78 is 5.93. The van der Waals surface area contributed by atoms with Gasteiger partial charge in [-0.15, -0.1) is 0 Å². The highest BCUT2D eigenvalue weighted by Gasteiger charge is 2.40. The summed E-state index contributed by atoms with van der Waals surface area (Å²) >= 11 is 0. The monoisotopic (exact) mass is 479 g/mol. The zero-order valence-electron chi connectivity index (χ0n) is 21.3. The van der Waals surface area contributed by atoms with Crippen LogP contribution < -0.4 is 0 Å². The fourth-order valence-corrected chi connectivity index (χ4v) is 5.20. The molecule has 0 spiro atoms. The molecule has 1 amide bonds. The number of likely N-dealkylation sites (tertiary alicyclic amines) is 1. The van der Waals surface area contributed by atoms with Gasteiger partial charge in [-0.25, -0.2) is 0 Å². The molecule has 2 atom stereocenters. The predicted molar refractivity (Wildman–Crippen MR) is 145 cm³/mol. The van der Waals surface area contributed by atoms with Gasteiger partial charge >= 0.3 is 0 Å². The van der Waals surface area contributed by atoms with Gasteiger partial charge in [0.15, 0.2) is 0 Å². The van der Waals surface area contributed by atoms with Gasteiger partial charge < -0.3 is 9.64 Å². The van der Waals surface area contributed by atoms with E-state index < -0.39 is 0 Å². The van der Waals surface area contributed by atoms with E-state index in [-0.39, 0.29) is 11.9 Å². The van der Waals surface area contributed by atoms with Crippen molar-refractivity contribution in [2.24, 2.45) is 4.99 Å². The van der Waals surface area contributed by atoms with Crippen LogP contribution in [0.1, 0.15) is 54.4 Å². The quantitative estimate of drug-likeness (QED) is 0.494. The predicted octanol–water partition coefficient (Wildman–Crippen LogP) is 5.94. The molecule has 2 unspecified atom stereocenters. The number of benzene rings is 1. The van der Waals surface area contributed by atoms with Crippen molar-refractivity contribution in [3.8, 4) is 0 Å². The number of carbonyl (C=O) groups is 1. The number of rotatable bonds is 7. The van der Waals surface area contributed by atoms with E-state index in [1.807, 2.05) is 17.2 Å². The third-order valence-corrected chi connectivity index (χ3v) is 7.17. The van der Waals surface area contributed by atoms with Crippen LogP contribution in [-0.4, -0.2) is 41.2 Å². The highest BCUT2D eigenvalue weighted by Crippen LogP contribution is 2.44. The number of aromatic nitrogens is 1. The van der Waals surface area contributed by atoms with Gasteiger partial charge in [-0.2, -0.15) is 0 Å². The maximum absolute atomic E-state index is 12.8. The van der Waals surface area contributed by atoms with Crippen molar-refractivity contribution in [1.29, 1.82) is 0 Å². The lowest BCUT2D eigenvalue weighted by atomic mass is 9.90. The van der Waals surface area contributed by atoms with Crippen LogP contribution in [0.3, 0.4) is 0 Å². The standard InChI is InChI=1S/C31H33N3O2/c1-5-21-13-20(3)14-23(15-21)24-16-26(28(6-2)34-12-8-10-30(34)35)31(29(17-24)36-4)33-27-18-25(27)22-9-7-11-32-19-22/h6-7,9,11,13-17,19,25,27H,2,5,8,10,12,18H2,1,3-4H3. The number of aryl methyl sites for hydroxylation is 2. The first-order chi connectivity index (χ1) is 17.5. The van der Waals surface area contributed by atoms with Gasteiger partial charge in [0.25, 0.3) is 0 Å². The lowest BCUT2D eigenvalue weighted by molar-refractivity contribution is -0.125. The van der Waals surface area contributed by atoms with Crippen LogP contribution in [0.4, 0.5) is 0 Å². The van der Waals surface area contributed by atoms with Gasteiger partial charge in [-0.1, -0.05) is 43.3 Å². The normalized spacial score (nSPS) is 23.9. The van der Waals surface area contributed by atoms with Gasteiger partial charge in [-0.3, -0.25) is 14.8 Å². The molecule has 5 nitrogen and oxygen atoms in total. The number of hydrogen-bond acceptors (Lipinski definition) is 4. The number of amides is 1. The average molecular weight is 480 g/mol. The number of allylic oxidation sites excluding steroid dienone is 5. The Morgan fingerprint density at radius 1 is 1.31 bits per heavy atom. The minimum atomic E-state index is 0.128. The van der Waals surface area contributed by atoms with E-state index >= 15 is 0 Å². The molecule has 2 fully saturated rings. The summed E-state index contributed by atoms with van der Waals surface area (Å²) in [5.74, 6) is 1.19. The molecule has 2 heterocycles. The minimum Gasteiger partial charge on any atom is -0.494 e. The Morgan fingerprint density at radius 3 is 2.83 bits per heavy atom. The smallest absolute Gasteiger partial charge is 0.227 e. The van der Waals surface area contributed by atoms with Crippen LogP contribution in [0.2, 0.25) is 0 Å². The Hall–Kier alpha value is -3.73. The van der Waals surface area contributed by atoms with Gasteiger partial charge in [0.1, 0.15) is 11.5 Å². The highest BCUT2D eigenvalue weighted by atomic mass is 16.5. The van der Waals surface area contributed by atoms with Crippen molar-refractivity contribution >= 4 is 17.2 Å². The number of methoxy groups -OCH3 is 1. The number of nitrogens with zero attached hydrogens (tertiary/aromatic N) is 3. The van der Waals surface area contributed by atoms with E-state index in [1.54, 1.807) is 19.4 Å². The van der Waals surface area contributed by atoms with E-state index in [4.69, 9.17) is 9.73 Å². The SMILES string of the molecule is C=CC(=C1C=C(c2cc(C)cc(CC)c2)C=C(OC)C1=NC1CC1c1cccnc1)N1CCCC1=O. The first-order valence-electron chi connectivity index (χ1n) is 12.8. The lowest BCUT2D eigenvalue weighted by Crippen LogP contribution is -2.27. The summed E-state index contributed by atoms with van der Waals surface area (Å²) in [5, 5.41) is 0. The van der Waals surface area contributed by atoms with E-state index in [0.717, 1.165) is 47.4 Å². The molecule has 2 aromatic rings. The van der Waals surface area contributed by atoms with Crippen molar-refractivity contribution in [1.82, 2.24) is 9.88 Å². The number of carbonyl (C=O) groups excluding carboxylic acids is 1. The largest absolute Gasteiger partial charge is 0.494 e. The van der Waals surface area contributed by atoms with Crippen molar-refractivity contribution in [2.45, 2.75) is 51.5 Å². The number of ether oxygens (including phenoxy) is 1. The molecule has 36 heavy (non-hydrogen) atoms. The number of aliphatic imine (C=N–C) groups is 1. The summed E-state index contributed by atoms with van der Waals surface area (Å²) in [6.07, 6.45) is 13.1. The van der Waals surface area contributed by atoms with Crippen molar-refractivity contribution in [2.75, 3.05) is 13.7 Å². The van der Waals surface area contributed by atoms with Crippen LogP contribution in [-0.2, 0) is 16.0 Å². The second-order valence-electron chi connectivity index (χ2n) is 9.70. The summed E-state index contributed by atoms with van der Waals surface area (Å²) in [6.45, 7) is 9.08.